The highest BCUT2D eigenvalue weighted by atomic mass is 19.1. The van der Waals surface area contributed by atoms with Crippen LogP contribution in [0.3, 0.4) is 0 Å². The second kappa shape index (κ2) is 4.86. The molecule has 3 aromatic rings. The molecular weight excluding hydrogens is 280 g/mol. The molecule has 0 aliphatic carbocycles. The Balaban J connectivity index is 2.11. The summed E-state index contributed by atoms with van der Waals surface area (Å²) in [6.07, 6.45) is 1.54. The molecule has 0 fully saturated rings. The smallest absolute Gasteiger partial charge is 0.356 e. The highest BCUT2D eigenvalue weighted by Crippen LogP contribution is 2.23. The van der Waals surface area contributed by atoms with Crippen molar-refractivity contribution in [2.45, 2.75) is 0 Å². The van der Waals surface area contributed by atoms with Gasteiger partial charge in [0.1, 0.15) is 17.3 Å². The summed E-state index contributed by atoms with van der Waals surface area (Å²) in [5, 5.41) is 11.9. The van der Waals surface area contributed by atoms with Crippen LogP contribution >= 0.6 is 0 Å². The molecule has 0 aliphatic heterocycles. The second-order valence-corrected chi connectivity index (χ2v) is 4.33. The molecule has 5 nitrogen and oxygen atoms in total. The normalized spacial score (nSPS) is 10.8. The number of nitrogens with zero attached hydrogens (tertiary/aromatic N) is 2. The zero-order valence-electron chi connectivity index (χ0n) is 10.5. The first kappa shape index (κ1) is 13.0. The highest BCUT2D eigenvalue weighted by Gasteiger charge is 2.18. The predicted molar refractivity (Wildman–Crippen MR) is 71.8 cm³/mol. The third kappa shape index (κ3) is 2.40. The number of anilines is 2. The molecule has 0 saturated carbocycles. The van der Waals surface area contributed by atoms with Crippen LogP contribution in [0.4, 0.5) is 20.3 Å². The first-order valence-electron chi connectivity index (χ1n) is 5.98. The van der Waals surface area contributed by atoms with Crippen molar-refractivity contribution in [2.24, 2.45) is 0 Å². The SMILES string of the molecule is O=C(O)c1c(Nc2cc(F)cc(F)c2)nc2ccccn12. The van der Waals surface area contributed by atoms with E-state index in [9.17, 15) is 18.7 Å². The number of hydrogen-bond acceptors (Lipinski definition) is 3. The van der Waals surface area contributed by atoms with Crippen LogP contribution in [-0.2, 0) is 0 Å². The van der Waals surface area contributed by atoms with Crippen molar-refractivity contribution in [3.05, 3.63) is 59.9 Å². The van der Waals surface area contributed by atoms with Gasteiger partial charge in [-0.25, -0.2) is 18.6 Å². The van der Waals surface area contributed by atoms with Crippen LogP contribution in [0.5, 0.6) is 0 Å². The van der Waals surface area contributed by atoms with E-state index in [1.165, 1.54) is 4.40 Å². The van der Waals surface area contributed by atoms with Gasteiger partial charge in [-0.3, -0.25) is 4.40 Å². The van der Waals surface area contributed by atoms with E-state index >= 15 is 0 Å². The maximum Gasteiger partial charge on any atom is 0.356 e. The molecule has 2 N–H and O–H groups in total. The van der Waals surface area contributed by atoms with Gasteiger partial charge in [0.25, 0.3) is 0 Å². The molecule has 1 aromatic carbocycles. The number of halogens is 2. The number of aromatic carboxylic acids is 1. The summed E-state index contributed by atoms with van der Waals surface area (Å²) < 4.78 is 27.7. The van der Waals surface area contributed by atoms with E-state index in [1.54, 1.807) is 24.4 Å². The van der Waals surface area contributed by atoms with Gasteiger partial charge in [0.15, 0.2) is 11.5 Å². The largest absolute Gasteiger partial charge is 0.476 e. The van der Waals surface area contributed by atoms with Gasteiger partial charge in [0.2, 0.25) is 0 Å². The van der Waals surface area contributed by atoms with E-state index in [0.29, 0.717) is 5.65 Å². The Morgan fingerprint density at radius 2 is 1.90 bits per heavy atom. The molecule has 0 spiro atoms. The number of pyridine rings is 1. The number of imidazole rings is 1. The Hall–Kier alpha value is -2.96. The van der Waals surface area contributed by atoms with Crippen molar-refractivity contribution < 1.29 is 18.7 Å². The lowest BCUT2D eigenvalue weighted by Crippen LogP contribution is -2.05. The molecule has 21 heavy (non-hydrogen) atoms. The Morgan fingerprint density at radius 3 is 2.57 bits per heavy atom. The van der Waals surface area contributed by atoms with E-state index in [0.717, 1.165) is 18.2 Å². The van der Waals surface area contributed by atoms with Crippen LogP contribution in [-0.4, -0.2) is 20.5 Å². The lowest BCUT2D eigenvalue weighted by Gasteiger charge is -2.05. The zero-order valence-corrected chi connectivity index (χ0v) is 10.5. The average Bonchev–Trinajstić information content (AvgIpc) is 2.75. The van der Waals surface area contributed by atoms with E-state index in [4.69, 9.17) is 0 Å². The van der Waals surface area contributed by atoms with Gasteiger partial charge in [-0.05, 0) is 24.3 Å². The molecule has 0 unspecified atom stereocenters. The molecule has 2 heterocycles. The number of carboxylic acids is 1. The van der Waals surface area contributed by atoms with Crippen molar-refractivity contribution in [2.75, 3.05) is 5.32 Å². The average molecular weight is 289 g/mol. The summed E-state index contributed by atoms with van der Waals surface area (Å²) in [6, 6.07) is 7.83. The molecule has 106 valence electrons. The summed E-state index contributed by atoms with van der Waals surface area (Å²) >= 11 is 0. The molecule has 0 radical (unpaired) electrons. The predicted octanol–water partition coefficient (Wildman–Crippen LogP) is 3.05. The first-order valence-corrected chi connectivity index (χ1v) is 5.98. The molecule has 3 rings (SSSR count). The van der Waals surface area contributed by atoms with Crippen LogP contribution in [0, 0.1) is 11.6 Å². The first-order chi connectivity index (χ1) is 10.0. The summed E-state index contributed by atoms with van der Waals surface area (Å²) in [4.78, 5) is 15.5. The van der Waals surface area contributed by atoms with Crippen molar-refractivity contribution in [1.29, 1.82) is 0 Å². The molecule has 0 saturated heterocycles. The number of aromatic nitrogens is 2. The minimum absolute atomic E-state index is 0.0127. The third-order valence-corrected chi connectivity index (χ3v) is 2.86. The van der Waals surface area contributed by atoms with Gasteiger partial charge >= 0.3 is 5.97 Å². The molecule has 0 amide bonds. The fraction of sp³-hybridized carbons (Fsp3) is 0. The molecule has 0 aliphatic rings. The minimum Gasteiger partial charge on any atom is -0.476 e. The molecule has 7 heteroatoms. The van der Waals surface area contributed by atoms with Crippen molar-refractivity contribution in [1.82, 2.24) is 9.38 Å². The fourth-order valence-corrected chi connectivity index (χ4v) is 2.05. The number of nitrogens with one attached hydrogen (secondary N) is 1. The summed E-state index contributed by atoms with van der Waals surface area (Å²) in [7, 11) is 0. The van der Waals surface area contributed by atoms with Crippen molar-refractivity contribution in [3.63, 3.8) is 0 Å². The van der Waals surface area contributed by atoms with Gasteiger partial charge in [0, 0.05) is 18.0 Å². The summed E-state index contributed by atoms with van der Waals surface area (Å²) in [5.74, 6) is -2.72. The van der Waals surface area contributed by atoms with Gasteiger partial charge < -0.3 is 10.4 Å². The van der Waals surface area contributed by atoms with Crippen LogP contribution < -0.4 is 5.32 Å². The van der Waals surface area contributed by atoms with E-state index < -0.39 is 17.6 Å². The molecule has 2 aromatic heterocycles. The Bertz CT molecular complexity index is 825. The van der Waals surface area contributed by atoms with Crippen molar-refractivity contribution in [3.8, 4) is 0 Å². The van der Waals surface area contributed by atoms with Crippen LogP contribution in [0.25, 0.3) is 5.65 Å². The van der Waals surface area contributed by atoms with Gasteiger partial charge in [0.05, 0.1) is 0 Å². The lowest BCUT2D eigenvalue weighted by atomic mass is 10.3. The monoisotopic (exact) mass is 289 g/mol. The number of rotatable bonds is 3. The number of fused-ring (bicyclic) bond motifs is 1. The zero-order chi connectivity index (χ0) is 15.0. The van der Waals surface area contributed by atoms with E-state index in [1.807, 2.05) is 0 Å². The second-order valence-electron chi connectivity index (χ2n) is 4.33. The van der Waals surface area contributed by atoms with Gasteiger partial charge in [-0.1, -0.05) is 6.07 Å². The van der Waals surface area contributed by atoms with Gasteiger partial charge in [-0.2, -0.15) is 0 Å². The maximum absolute atomic E-state index is 13.2. The maximum atomic E-state index is 13.2. The fourth-order valence-electron chi connectivity index (χ4n) is 2.05. The number of hydrogen-bond donors (Lipinski definition) is 2. The van der Waals surface area contributed by atoms with Crippen LogP contribution in [0.15, 0.2) is 42.6 Å². The number of benzene rings is 1. The minimum atomic E-state index is -1.20. The lowest BCUT2D eigenvalue weighted by molar-refractivity contribution is 0.0690. The Labute approximate surface area is 117 Å². The molecule has 0 atom stereocenters. The van der Waals surface area contributed by atoms with Crippen molar-refractivity contribution >= 4 is 23.1 Å². The third-order valence-electron chi connectivity index (χ3n) is 2.86. The molecular formula is C14H9F2N3O2. The topological polar surface area (TPSA) is 66.6 Å². The highest BCUT2D eigenvalue weighted by molar-refractivity contribution is 5.93. The Morgan fingerprint density at radius 1 is 1.19 bits per heavy atom. The van der Waals surface area contributed by atoms with Crippen LogP contribution in [0.1, 0.15) is 10.5 Å². The number of carboxylic acid groups (broad SMARTS) is 1. The standard InChI is InChI=1S/C14H9F2N3O2/c15-8-5-9(16)7-10(6-8)17-13-12(14(20)21)19-4-2-1-3-11(19)18-13/h1-7,17H,(H,20,21). The quantitative estimate of drug-likeness (QED) is 0.777. The summed E-state index contributed by atoms with van der Waals surface area (Å²) in [5.41, 5.74) is 0.378. The number of carbonyl (C=O) groups is 1. The van der Waals surface area contributed by atoms with E-state index in [2.05, 4.69) is 10.3 Å². The summed E-state index contributed by atoms with van der Waals surface area (Å²) in [6.45, 7) is 0. The van der Waals surface area contributed by atoms with Crippen LogP contribution in [0.2, 0.25) is 0 Å². The van der Waals surface area contributed by atoms with E-state index in [-0.39, 0.29) is 17.2 Å². The Kier molecular flexibility index (Phi) is 3.02. The van der Waals surface area contributed by atoms with Gasteiger partial charge in [-0.15, -0.1) is 0 Å². The molecule has 0 bridgehead atoms.